The van der Waals surface area contributed by atoms with Gasteiger partial charge in [-0.15, -0.1) is 5.10 Å². The van der Waals surface area contributed by atoms with Crippen molar-refractivity contribution >= 4 is 6.01 Å². The fourth-order valence-electron chi connectivity index (χ4n) is 1.79. The van der Waals surface area contributed by atoms with Crippen molar-refractivity contribution in [2.45, 2.75) is 25.8 Å². The zero-order chi connectivity index (χ0) is 12.8. The van der Waals surface area contributed by atoms with Gasteiger partial charge in [0.2, 0.25) is 5.89 Å². The van der Waals surface area contributed by atoms with Crippen molar-refractivity contribution in [2.24, 2.45) is 5.73 Å². The summed E-state index contributed by atoms with van der Waals surface area (Å²) in [6.07, 6.45) is 1.55. The Bertz CT molecular complexity index is 469. The highest BCUT2D eigenvalue weighted by Gasteiger charge is 2.12. The largest absolute Gasteiger partial charge is 0.408 e. The molecule has 5 heteroatoms. The standard InChI is InChI=1S/C13H18N4O/c1-2-11(10-6-4-3-5-7-10)15-13-17-16-12(18-13)8-9-14/h3-7,11H,2,8-9,14H2,1H3,(H,15,17). The van der Waals surface area contributed by atoms with E-state index in [1.54, 1.807) is 0 Å². The van der Waals surface area contributed by atoms with Crippen LogP contribution in [0.3, 0.4) is 0 Å². The molecule has 0 saturated carbocycles. The van der Waals surface area contributed by atoms with Crippen LogP contribution in [-0.2, 0) is 6.42 Å². The molecule has 1 atom stereocenters. The first-order chi connectivity index (χ1) is 8.83. The molecule has 3 N–H and O–H groups in total. The molecule has 1 aromatic heterocycles. The highest BCUT2D eigenvalue weighted by molar-refractivity contribution is 5.28. The summed E-state index contributed by atoms with van der Waals surface area (Å²) in [6.45, 7) is 2.62. The third kappa shape index (κ3) is 3.07. The summed E-state index contributed by atoms with van der Waals surface area (Å²) in [5.41, 5.74) is 6.65. The molecule has 0 bridgehead atoms. The van der Waals surface area contributed by atoms with Gasteiger partial charge < -0.3 is 15.5 Å². The average molecular weight is 246 g/mol. The maximum absolute atomic E-state index is 5.46. The van der Waals surface area contributed by atoms with Crippen LogP contribution in [-0.4, -0.2) is 16.7 Å². The van der Waals surface area contributed by atoms with Crippen LogP contribution >= 0.6 is 0 Å². The second-order valence-electron chi connectivity index (χ2n) is 4.06. The number of rotatable bonds is 6. The lowest BCUT2D eigenvalue weighted by Gasteiger charge is -2.15. The molecule has 2 rings (SSSR count). The van der Waals surface area contributed by atoms with Crippen molar-refractivity contribution in [3.05, 3.63) is 41.8 Å². The Morgan fingerprint density at radius 1 is 1.28 bits per heavy atom. The zero-order valence-corrected chi connectivity index (χ0v) is 10.5. The van der Waals surface area contributed by atoms with Crippen LogP contribution in [0, 0.1) is 0 Å². The molecule has 18 heavy (non-hydrogen) atoms. The van der Waals surface area contributed by atoms with Crippen LogP contribution in [0.25, 0.3) is 0 Å². The Morgan fingerprint density at radius 2 is 2.06 bits per heavy atom. The predicted octanol–water partition coefficient (Wildman–Crippen LogP) is 2.13. The van der Waals surface area contributed by atoms with E-state index < -0.39 is 0 Å². The highest BCUT2D eigenvalue weighted by atomic mass is 16.4. The number of anilines is 1. The van der Waals surface area contributed by atoms with Crippen LogP contribution < -0.4 is 11.1 Å². The van der Waals surface area contributed by atoms with E-state index in [2.05, 4.69) is 34.6 Å². The van der Waals surface area contributed by atoms with E-state index in [0.717, 1.165) is 6.42 Å². The monoisotopic (exact) mass is 246 g/mol. The lowest BCUT2D eigenvalue weighted by Crippen LogP contribution is -2.09. The van der Waals surface area contributed by atoms with Crippen LogP contribution in [0.2, 0.25) is 0 Å². The van der Waals surface area contributed by atoms with Gasteiger partial charge >= 0.3 is 6.01 Å². The second kappa shape index (κ2) is 6.16. The molecule has 5 nitrogen and oxygen atoms in total. The van der Waals surface area contributed by atoms with Gasteiger partial charge in [-0.1, -0.05) is 42.4 Å². The molecule has 0 saturated heterocycles. The Labute approximate surface area is 106 Å². The van der Waals surface area contributed by atoms with Gasteiger partial charge in [0.05, 0.1) is 6.04 Å². The maximum Gasteiger partial charge on any atom is 0.315 e. The van der Waals surface area contributed by atoms with Gasteiger partial charge in [0.15, 0.2) is 0 Å². The van der Waals surface area contributed by atoms with E-state index in [9.17, 15) is 0 Å². The minimum atomic E-state index is 0.178. The first-order valence-corrected chi connectivity index (χ1v) is 6.17. The number of hydrogen-bond acceptors (Lipinski definition) is 5. The fraction of sp³-hybridized carbons (Fsp3) is 0.385. The first kappa shape index (κ1) is 12.6. The van der Waals surface area contributed by atoms with Crippen LogP contribution in [0.15, 0.2) is 34.7 Å². The molecule has 96 valence electrons. The van der Waals surface area contributed by atoms with Crippen molar-refractivity contribution in [1.29, 1.82) is 0 Å². The molecule has 2 aromatic rings. The van der Waals surface area contributed by atoms with Crippen molar-refractivity contribution in [3.8, 4) is 0 Å². The summed E-state index contributed by atoms with van der Waals surface area (Å²) >= 11 is 0. The van der Waals surface area contributed by atoms with E-state index in [1.807, 2.05) is 18.2 Å². The molecule has 0 amide bonds. The lowest BCUT2D eigenvalue weighted by molar-refractivity contribution is 0.498. The molecule has 1 heterocycles. The van der Waals surface area contributed by atoms with Gasteiger partial charge in [-0.25, -0.2) is 0 Å². The first-order valence-electron chi connectivity index (χ1n) is 6.17. The van der Waals surface area contributed by atoms with Crippen molar-refractivity contribution in [3.63, 3.8) is 0 Å². The van der Waals surface area contributed by atoms with Crippen molar-refractivity contribution in [1.82, 2.24) is 10.2 Å². The molecule has 0 aliphatic carbocycles. The zero-order valence-electron chi connectivity index (χ0n) is 10.5. The van der Waals surface area contributed by atoms with Crippen LogP contribution in [0.4, 0.5) is 6.01 Å². The Kier molecular flexibility index (Phi) is 4.30. The number of benzene rings is 1. The average Bonchev–Trinajstić information content (AvgIpc) is 2.85. The van der Waals surface area contributed by atoms with E-state index in [4.69, 9.17) is 10.2 Å². The molecule has 0 aliphatic rings. The molecule has 1 aromatic carbocycles. The summed E-state index contributed by atoms with van der Waals surface area (Å²) in [7, 11) is 0. The Hall–Kier alpha value is -1.88. The predicted molar refractivity (Wildman–Crippen MR) is 70.2 cm³/mol. The van der Waals surface area contributed by atoms with Gasteiger partial charge in [-0.3, -0.25) is 0 Å². The van der Waals surface area contributed by atoms with Crippen LogP contribution in [0.1, 0.15) is 30.8 Å². The van der Waals surface area contributed by atoms with Gasteiger partial charge in [0.25, 0.3) is 0 Å². The van der Waals surface area contributed by atoms with Crippen molar-refractivity contribution in [2.75, 3.05) is 11.9 Å². The van der Waals surface area contributed by atoms with E-state index in [-0.39, 0.29) is 6.04 Å². The Balaban J connectivity index is 2.06. The molecule has 0 spiro atoms. The lowest BCUT2D eigenvalue weighted by atomic mass is 10.1. The summed E-state index contributed by atoms with van der Waals surface area (Å²) < 4.78 is 5.46. The summed E-state index contributed by atoms with van der Waals surface area (Å²) in [5, 5.41) is 11.1. The summed E-state index contributed by atoms with van der Waals surface area (Å²) in [4.78, 5) is 0. The highest BCUT2D eigenvalue weighted by Crippen LogP contribution is 2.21. The van der Waals surface area contributed by atoms with Crippen LogP contribution in [0.5, 0.6) is 0 Å². The van der Waals surface area contributed by atoms with Gasteiger partial charge in [0, 0.05) is 13.0 Å². The number of nitrogens with one attached hydrogen (secondary N) is 1. The van der Waals surface area contributed by atoms with Gasteiger partial charge in [0.1, 0.15) is 0 Å². The molecular formula is C13H18N4O. The maximum atomic E-state index is 5.46. The van der Waals surface area contributed by atoms with E-state index in [1.165, 1.54) is 5.56 Å². The number of hydrogen-bond donors (Lipinski definition) is 2. The van der Waals surface area contributed by atoms with E-state index >= 15 is 0 Å². The molecular weight excluding hydrogens is 228 g/mol. The number of nitrogens with zero attached hydrogens (tertiary/aromatic N) is 2. The minimum Gasteiger partial charge on any atom is -0.408 e. The van der Waals surface area contributed by atoms with Crippen molar-refractivity contribution < 1.29 is 4.42 Å². The third-order valence-electron chi connectivity index (χ3n) is 2.73. The fourth-order valence-corrected chi connectivity index (χ4v) is 1.79. The van der Waals surface area contributed by atoms with E-state index in [0.29, 0.717) is 24.9 Å². The van der Waals surface area contributed by atoms with Gasteiger partial charge in [-0.2, -0.15) is 0 Å². The molecule has 0 fully saturated rings. The normalized spacial score (nSPS) is 12.3. The topological polar surface area (TPSA) is 77.0 Å². The minimum absolute atomic E-state index is 0.178. The van der Waals surface area contributed by atoms with Gasteiger partial charge in [-0.05, 0) is 12.0 Å². The Morgan fingerprint density at radius 3 is 2.72 bits per heavy atom. The second-order valence-corrected chi connectivity index (χ2v) is 4.06. The smallest absolute Gasteiger partial charge is 0.315 e. The quantitative estimate of drug-likeness (QED) is 0.816. The third-order valence-corrected chi connectivity index (χ3v) is 2.73. The summed E-state index contributed by atoms with van der Waals surface area (Å²) in [6, 6.07) is 10.8. The summed E-state index contributed by atoms with van der Waals surface area (Å²) in [5.74, 6) is 0.572. The number of nitrogens with two attached hydrogens (primary N) is 1. The molecule has 0 aliphatic heterocycles. The molecule has 0 radical (unpaired) electrons. The SMILES string of the molecule is CCC(Nc1nnc(CCN)o1)c1ccccc1. The molecule has 1 unspecified atom stereocenters. The number of aromatic nitrogens is 2.